The van der Waals surface area contributed by atoms with Gasteiger partial charge in [-0.25, -0.2) is 0 Å². The largest absolute Gasteiger partial charge is 0.387 e. The first-order valence-corrected chi connectivity index (χ1v) is 20.4. The normalized spacial score (nSPS) is 13.9. The molecule has 0 saturated carbocycles. The van der Waals surface area contributed by atoms with Gasteiger partial charge in [-0.05, 0) is 70.6 Å². The Kier molecular flexibility index (Phi) is 32.0. The van der Waals surface area contributed by atoms with Crippen LogP contribution in [0.25, 0.3) is 0 Å². The van der Waals surface area contributed by atoms with Gasteiger partial charge < -0.3 is 10.4 Å². The molecule has 0 spiro atoms. The van der Waals surface area contributed by atoms with E-state index in [9.17, 15) is 22.9 Å². The quantitative estimate of drug-likeness (QED) is 0.0368. The number of rotatable bonds is 33. The van der Waals surface area contributed by atoms with E-state index in [0.717, 1.165) is 57.8 Å². The average Bonchev–Trinajstić information content (AvgIpc) is 3.01. The zero-order valence-electron chi connectivity index (χ0n) is 29.7. The zero-order chi connectivity index (χ0) is 34.0. The summed E-state index contributed by atoms with van der Waals surface area (Å²) in [6.45, 7) is 4.49. The van der Waals surface area contributed by atoms with Crippen LogP contribution in [0.5, 0.6) is 0 Å². The lowest BCUT2D eigenvalue weighted by molar-refractivity contribution is -0.122. The molecule has 268 valence electrons. The molecule has 0 heterocycles. The van der Waals surface area contributed by atoms with Gasteiger partial charge in [0.25, 0.3) is 10.1 Å². The molecule has 1 amide bonds. The van der Waals surface area contributed by atoms with Gasteiger partial charge in [0, 0.05) is 6.42 Å². The summed E-state index contributed by atoms with van der Waals surface area (Å²) >= 11 is 0. The van der Waals surface area contributed by atoms with E-state index in [-0.39, 0.29) is 12.3 Å². The number of aliphatic hydroxyl groups is 1. The minimum Gasteiger partial charge on any atom is -0.387 e. The second kappa shape index (κ2) is 33.2. The second-order valence-corrected chi connectivity index (χ2v) is 14.3. The third kappa shape index (κ3) is 33.7. The van der Waals surface area contributed by atoms with E-state index in [1.165, 1.54) is 89.5 Å². The highest BCUT2D eigenvalue weighted by molar-refractivity contribution is 7.85. The van der Waals surface area contributed by atoms with Gasteiger partial charge in [-0.3, -0.25) is 9.35 Å². The Morgan fingerprint density at radius 1 is 0.565 bits per heavy atom. The lowest BCUT2D eigenvalue weighted by Gasteiger charge is -2.21. The highest BCUT2D eigenvalue weighted by Gasteiger charge is 2.24. The first-order valence-electron chi connectivity index (χ1n) is 18.8. The third-order valence-corrected chi connectivity index (χ3v) is 8.99. The lowest BCUT2D eigenvalue weighted by Crippen LogP contribution is -2.46. The van der Waals surface area contributed by atoms with Crippen LogP contribution in [-0.2, 0) is 14.9 Å². The van der Waals surface area contributed by atoms with E-state index < -0.39 is 28.0 Å². The fourth-order valence-corrected chi connectivity index (χ4v) is 6.09. The van der Waals surface area contributed by atoms with Crippen LogP contribution in [0.2, 0.25) is 0 Å². The minimum absolute atomic E-state index is 0.274. The summed E-state index contributed by atoms with van der Waals surface area (Å²) in [4.78, 5) is 12.5. The van der Waals surface area contributed by atoms with Crippen LogP contribution in [0.1, 0.15) is 174 Å². The van der Waals surface area contributed by atoms with Crippen molar-refractivity contribution in [1.82, 2.24) is 5.32 Å². The number of carbonyl (C=O) groups is 1. The van der Waals surface area contributed by atoms with Crippen LogP contribution >= 0.6 is 0 Å². The van der Waals surface area contributed by atoms with Crippen molar-refractivity contribution in [3.8, 4) is 0 Å². The molecule has 0 aliphatic heterocycles. The number of nitrogens with one attached hydrogen (secondary N) is 1. The van der Waals surface area contributed by atoms with Gasteiger partial charge >= 0.3 is 0 Å². The molecule has 0 saturated heterocycles. The van der Waals surface area contributed by atoms with Crippen LogP contribution in [0.15, 0.2) is 48.6 Å². The molecule has 46 heavy (non-hydrogen) atoms. The SMILES string of the molecule is CCCCCCC/C=C/CC/C=C/CC/C=C/C(O)C(CS(=O)(=O)O)NC(=O)CCCCCCC/C=C\CCCCCCCCC. The van der Waals surface area contributed by atoms with Crippen molar-refractivity contribution >= 4 is 16.0 Å². The molecular formula is C39H71NO5S. The van der Waals surface area contributed by atoms with Gasteiger partial charge in [-0.1, -0.05) is 146 Å². The van der Waals surface area contributed by atoms with Crippen LogP contribution in [-0.4, -0.2) is 41.9 Å². The highest BCUT2D eigenvalue weighted by atomic mass is 32.2. The Morgan fingerprint density at radius 2 is 0.935 bits per heavy atom. The molecule has 3 N–H and O–H groups in total. The fourth-order valence-electron chi connectivity index (χ4n) is 5.36. The lowest BCUT2D eigenvalue weighted by atomic mass is 10.1. The summed E-state index contributed by atoms with van der Waals surface area (Å²) in [5.74, 6) is -1.02. The molecule has 7 heteroatoms. The third-order valence-electron chi connectivity index (χ3n) is 8.21. The maximum absolute atomic E-state index is 12.5. The maximum atomic E-state index is 12.5. The van der Waals surface area contributed by atoms with E-state index in [2.05, 4.69) is 55.6 Å². The number of aliphatic hydroxyl groups excluding tert-OH is 1. The monoisotopic (exact) mass is 666 g/mol. The number of allylic oxidation sites excluding steroid dienone is 7. The van der Waals surface area contributed by atoms with E-state index in [0.29, 0.717) is 12.8 Å². The number of carbonyl (C=O) groups excluding carboxylic acids is 1. The smallest absolute Gasteiger partial charge is 0.267 e. The molecule has 2 unspecified atom stereocenters. The van der Waals surface area contributed by atoms with Crippen molar-refractivity contribution in [3.63, 3.8) is 0 Å². The topological polar surface area (TPSA) is 104 Å². The van der Waals surface area contributed by atoms with E-state index in [1.54, 1.807) is 6.08 Å². The Bertz CT molecular complexity index is 909. The summed E-state index contributed by atoms with van der Waals surface area (Å²) < 4.78 is 32.4. The first kappa shape index (κ1) is 44.3. The predicted molar refractivity (Wildman–Crippen MR) is 198 cm³/mol. The van der Waals surface area contributed by atoms with E-state index in [4.69, 9.17) is 0 Å². The average molecular weight is 666 g/mol. The zero-order valence-corrected chi connectivity index (χ0v) is 30.5. The van der Waals surface area contributed by atoms with Crippen molar-refractivity contribution in [2.75, 3.05) is 5.75 Å². The van der Waals surface area contributed by atoms with Crippen LogP contribution in [0, 0.1) is 0 Å². The molecule has 2 atom stereocenters. The molecule has 0 radical (unpaired) electrons. The molecule has 0 aliphatic rings. The number of hydrogen-bond acceptors (Lipinski definition) is 4. The number of unbranched alkanes of at least 4 members (excludes halogenated alkanes) is 19. The van der Waals surface area contributed by atoms with Gasteiger partial charge in [0.2, 0.25) is 5.91 Å². The van der Waals surface area contributed by atoms with E-state index in [1.807, 2.05) is 0 Å². The molecule has 0 fully saturated rings. The Labute approximate surface area is 284 Å². The summed E-state index contributed by atoms with van der Waals surface area (Å²) in [5.41, 5.74) is 0. The van der Waals surface area contributed by atoms with Crippen LogP contribution < -0.4 is 5.32 Å². The number of hydrogen-bond donors (Lipinski definition) is 3. The molecule has 0 bridgehead atoms. The number of amides is 1. The molecule has 6 nitrogen and oxygen atoms in total. The van der Waals surface area contributed by atoms with Crippen molar-refractivity contribution in [1.29, 1.82) is 0 Å². The molecular weight excluding hydrogens is 594 g/mol. The molecule has 0 aliphatic carbocycles. The van der Waals surface area contributed by atoms with Crippen molar-refractivity contribution in [2.24, 2.45) is 0 Å². The first-order chi connectivity index (χ1) is 22.3. The Balaban J connectivity index is 4.07. The van der Waals surface area contributed by atoms with Gasteiger partial charge in [0.15, 0.2) is 0 Å². The Morgan fingerprint density at radius 3 is 1.37 bits per heavy atom. The summed E-state index contributed by atoms with van der Waals surface area (Å²) in [5, 5.41) is 13.1. The molecule has 0 aromatic carbocycles. The summed E-state index contributed by atoms with van der Waals surface area (Å²) in [6, 6.07) is -1.08. The fraction of sp³-hybridized carbons (Fsp3) is 0.769. The van der Waals surface area contributed by atoms with Gasteiger partial charge in [0.1, 0.15) is 0 Å². The van der Waals surface area contributed by atoms with Gasteiger partial charge in [0.05, 0.1) is 17.9 Å². The second-order valence-electron chi connectivity index (χ2n) is 12.8. The van der Waals surface area contributed by atoms with Crippen LogP contribution in [0.4, 0.5) is 0 Å². The van der Waals surface area contributed by atoms with Crippen molar-refractivity contribution in [2.45, 2.75) is 187 Å². The highest BCUT2D eigenvalue weighted by Crippen LogP contribution is 2.11. The minimum atomic E-state index is -4.36. The summed E-state index contributed by atoms with van der Waals surface area (Å²) in [6.07, 6.45) is 43.8. The Hall–Kier alpha value is -1.70. The molecule has 0 rings (SSSR count). The molecule has 0 aromatic heterocycles. The predicted octanol–water partition coefficient (Wildman–Crippen LogP) is 10.7. The van der Waals surface area contributed by atoms with Gasteiger partial charge in [-0.2, -0.15) is 8.42 Å². The van der Waals surface area contributed by atoms with Crippen molar-refractivity contribution < 1.29 is 22.9 Å². The van der Waals surface area contributed by atoms with Crippen molar-refractivity contribution in [3.05, 3.63) is 48.6 Å². The van der Waals surface area contributed by atoms with E-state index >= 15 is 0 Å². The molecule has 0 aromatic rings. The van der Waals surface area contributed by atoms with Gasteiger partial charge in [-0.15, -0.1) is 0 Å². The van der Waals surface area contributed by atoms with Crippen LogP contribution in [0.3, 0.4) is 0 Å². The maximum Gasteiger partial charge on any atom is 0.267 e. The summed E-state index contributed by atoms with van der Waals surface area (Å²) in [7, 11) is -4.36. The standard InChI is InChI=1S/C39H71NO5S/c1-3-5-7-9-11-13-15-17-19-21-23-25-27-29-31-33-35-39(42)40-37(36-46(43,44)45)38(41)34-32-30-28-26-24-22-20-18-16-14-12-10-8-6-4-2/h16,18-19,21,24,26,32,34,37-38,41H,3-15,17,20,22-23,25,27-31,33,35-36H2,1-2H3,(H,40,42)(H,43,44,45)/b18-16+,21-19-,26-24+,34-32+.